The minimum Gasteiger partial charge on any atom is -0.468 e. The van der Waals surface area contributed by atoms with E-state index in [0.29, 0.717) is 13.1 Å². The Morgan fingerprint density at radius 3 is 2.54 bits per heavy atom. The quantitative estimate of drug-likeness (QED) is 0.625. The Hall–Kier alpha value is -2.99. The fourth-order valence-electron chi connectivity index (χ4n) is 3.05. The van der Waals surface area contributed by atoms with Crippen LogP contribution in [0.15, 0.2) is 71.3 Å². The maximum Gasteiger partial charge on any atom is 0.234 e. The molecule has 0 aliphatic heterocycles. The summed E-state index contributed by atoms with van der Waals surface area (Å²) in [4.78, 5) is 14.5. The summed E-state index contributed by atoms with van der Waals surface area (Å²) in [6, 6.07) is 16.2. The van der Waals surface area contributed by atoms with E-state index >= 15 is 0 Å². The second-order valence-corrected chi connectivity index (χ2v) is 6.67. The zero-order valence-corrected chi connectivity index (χ0v) is 15.6. The Morgan fingerprint density at radius 1 is 1.07 bits per heavy atom. The highest BCUT2D eigenvalue weighted by Crippen LogP contribution is 2.18. The molecule has 0 spiro atoms. The molecule has 0 saturated heterocycles. The number of benzene rings is 2. The summed E-state index contributed by atoms with van der Waals surface area (Å²) in [5, 5.41) is 2.78. The van der Waals surface area contributed by atoms with Crippen LogP contribution >= 0.6 is 0 Å². The van der Waals surface area contributed by atoms with Crippen molar-refractivity contribution in [2.45, 2.75) is 26.1 Å². The molecule has 6 heteroatoms. The summed E-state index contributed by atoms with van der Waals surface area (Å²) >= 11 is 0. The number of rotatable bonds is 8. The molecule has 3 rings (SSSR count). The lowest BCUT2D eigenvalue weighted by Crippen LogP contribution is -2.38. The minimum absolute atomic E-state index is 0.114. The zero-order chi connectivity index (χ0) is 19.9. The second-order valence-electron chi connectivity index (χ2n) is 6.67. The van der Waals surface area contributed by atoms with Gasteiger partial charge in [-0.3, -0.25) is 9.69 Å². The average molecular weight is 384 g/mol. The molecule has 1 aromatic heterocycles. The monoisotopic (exact) mass is 384 g/mol. The van der Waals surface area contributed by atoms with Crippen LogP contribution in [-0.2, 0) is 17.9 Å². The lowest BCUT2D eigenvalue weighted by atomic mass is 10.1. The predicted octanol–water partition coefficient (Wildman–Crippen LogP) is 4.44. The number of nitrogens with one attached hydrogen (secondary N) is 1. The van der Waals surface area contributed by atoms with E-state index in [1.807, 2.05) is 41.3 Å². The van der Waals surface area contributed by atoms with E-state index in [1.54, 1.807) is 19.3 Å². The molecule has 0 unspecified atom stereocenters. The van der Waals surface area contributed by atoms with Crippen LogP contribution in [0.3, 0.4) is 0 Å². The Morgan fingerprint density at radius 2 is 1.86 bits per heavy atom. The molecule has 0 fully saturated rings. The van der Waals surface area contributed by atoms with E-state index in [2.05, 4.69) is 5.32 Å². The highest BCUT2D eigenvalue weighted by molar-refractivity contribution is 5.78. The van der Waals surface area contributed by atoms with Crippen molar-refractivity contribution in [3.8, 4) is 0 Å². The van der Waals surface area contributed by atoms with E-state index in [0.717, 1.165) is 17.4 Å². The maximum atomic E-state index is 13.9. The third kappa shape index (κ3) is 5.50. The first-order chi connectivity index (χ1) is 13.5. The first kappa shape index (κ1) is 19.8. The van der Waals surface area contributed by atoms with Gasteiger partial charge in [0.15, 0.2) is 0 Å². The highest BCUT2D eigenvalue weighted by Gasteiger charge is 2.18. The van der Waals surface area contributed by atoms with Gasteiger partial charge in [0.2, 0.25) is 5.91 Å². The van der Waals surface area contributed by atoms with Gasteiger partial charge in [0, 0.05) is 18.2 Å². The van der Waals surface area contributed by atoms with Gasteiger partial charge in [0.1, 0.15) is 17.4 Å². The number of hydrogen-bond donors (Lipinski definition) is 1. The third-order valence-electron chi connectivity index (χ3n) is 4.38. The van der Waals surface area contributed by atoms with E-state index < -0.39 is 17.7 Å². The van der Waals surface area contributed by atoms with Crippen molar-refractivity contribution >= 4 is 5.91 Å². The van der Waals surface area contributed by atoms with Crippen molar-refractivity contribution in [3.63, 3.8) is 0 Å². The van der Waals surface area contributed by atoms with Crippen LogP contribution in [0.5, 0.6) is 0 Å². The molecule has 0 radical (unpaired) electrons. The lowest BCUT2D eigenvalue weighted by Gasteiger charge is -2.22. The van der Waals surface area contributed by atoms with Gasteiger partial charge in [0.25, 0.3) is 0 Å². The summed E-state index contributed by atoms with van der Waals surface area (Å²) in [6.45, 7) is 2.81. The Labute approximate surface area is 162 Å². The van der Waals surface area contributed by atoms with Crippen molar-refractivity contribution in [1.82, 2.24) is 10.2 Å². The summed E-state index contributed by atoms with van der Waals surface area (Å²) < 4.78 is 32.4. The molecule has 28 heavy (non-hydrogen) atoms. The van der Waals surface area contributed by atoms with E-state index in [-0.39, 0.29) is 18.0 Å². The van der Waals surface area contributed by atoms with Crippen LogP contribution in [0.1, 0.15) is 29.9 Å². The molecule has 1 atom stereocenters. The number of nitrogens with zero attached hydrogens (tertiary/aromatic N) is 1. The Kier molecular flexibility index (Phi) is 6.55. The summed E-state index contributed by atoms with van der Waals surface area (Å²) in [6.07, 6.45) is 1.59. The fraction of sp³-hybridized carbons (Fsp3) is 0.227. The largest absolute Gasteiger partial charge is 0.468 e. The molecule has 1 amide bonds. The molecule has 0 saturated carbocycles. The predicted molar refractivity (Wildman–Crippen MR) is 102 cm³/mol. The number of furan rings is 1. The van der Waals surface area contributed by atoms with Crippen molar-refractivity contribution in [3.05, 3.63) is 95.4 Å². The van der Waals surface area contributed by atoms with Crippen LogP contribution in [0, 0.1) is 11.6 Å². The zero-order valence-electron chi connectivity index (χ0n) is 15.6. The fourth-order valence-corrected chi connectivity index (χ4v) is 3.05. The molecule has 2 aromatic carbocycles. The second kappa shape index (κ2) is 9.28. The molecular weight excluding hydrogens is 362 g/mol. The summed E-state index contributed by atoms with van der Waals surface area (Å²) in [5.41, 5.74) is 1.31. The van der Waals surface area contributed by atoms with Gasteiger partial charge in [-0.2, -0.15) is 0 Å². The highest BCUT2D eigenvalue weighted by atomic mass is 19.1. The average Bonchev–Trinajstić information content (AvgIpc) is 3.15. The van der Waals surface area contributed by atoms with Gasteiger partial charge in [-0.05, 0) is 30.7 Å². The number of halogens is 2. The normalized spacial score (nSPS) is 12.1. The van der Waals surface area contributed by atoms with Crippen molar-refractivity contribution in [2.24, 2.45) is 0 Å². The van der Waals surface area contributed by atoms with Crippen LogP contribution in [0.25, 0.3) is 0 Å². The van der Waals surface area contributed by atoms with Gasteiger partial charge in [-0.25, -0.2) is 8.78 Å². The van der Waals surface area contributed by atoms with Crippen molar-refractivity contribution in [2.75, 3.05) is 6.54 Å². The molecule has 4 nitrogen and oxygen atoms in total. The SMILES string of the molecule is C[C@H](NC(=O)CN(Cc1ccccc1)Cc1ccco1)c1ccc(F)cc1F. The lowest BCUT2D eigenvalue weighted by molar-refractivity contribution is -0.123. The first-order valence-electron chi connectivity index (χ1n) is 9.04. The van der Waals surface area contributed by atoms with Gasteiger partial charge in [0.05, 0.1) is 25.4 Å². The topological polar surface area (TPSA) is 45.5 Å². The van der Waals surface area contributed by atoms with Crippen molar-refractivity contribution in [1.29, 1.82) is 0 Å². The van der Waals surface area contributed by atoms with Gasteiger partial charge >= 0.3 is 0 Å². The van der Waals surface area contributed by atoms with Gasteiger partial charge in [-0.15, -0.1) is 0 Å². The minimum atomic E-state index is -0.676. The Bertz CT molecular complexity index is 898. The molecule has 1 N–H and O–H groups in total. The first-order valence-corrected chi connectivity index (χ1v) is 9.04. The molecule has 1 heterocycles. The standard InChI is InChI=1S/C22H22F2N2O2/c1-16(20-10-9-18(23)12-21(20)24)25-22(27)15-26(14-19-8-5-11-28-19)13-17-6-3-2-4-7-17/h2-12,16H,13-15H2,1H3,(H,25,27)/t16-/m0/s1. The molecule has 146 valence electrons. The van der Waals surface area contributed by atoms with Crippen molar-refractivity contribution < 1.29 is 18.0 Å². The maximum absolute atomic E-state index is 13.9. The van der Waals surface area contributed by atoms with Crippen LogP contribution in [-0.4, -0.2) is 17.4 Å². The third-order valence-corrected chi connectivity index (χ3v) is 4.38. The number of carbonyl (C=O) groups excluding carboxylic acids is 1. The summed E-state index contributed by atoms with van der Waals surface area (Å²) in [5.74, 6) is -0.822. The molecular formula is C22H22F2N2O2. The van der Waals surface area contributed by atoms with E-state index in [9.17, 15) is 13.6 Å². The van der Waals surface area contributed by atoms with Gasteiger partial charge < -0.3 is 9.73 Å². The van der Waals surface area contributed by atoms with E-state index in [4.69, 9.17) is 4.42 Å². The summed E-state index contributed by atoms with van der Waals surface area (Å²) in [7, 11) is 0. The Balaban J connectivity index is 1.65. The number of amides is 1. The number of hydrogen-bond acceptors (Lipinski definition) is 3. The van der Waals surface area contributed by atoms with Crippen LogP contribution < -0.4 is 5.32 Å². The molecule has 0 aliphatic carbocycles. The molecule has 0 aliphatic rings. The molecule has 0 bridgehead atoms. The van der Waals surface area contributed by atoms with Crippen LogP contribution in [0.4, 0.5) is 8.78 Å². The molecule has 3 aromatic rings. The van der Waals surface area contributed by atoms with E-state index in [1.165, 1.54) is 12.1 Å². The van der Waals surface area contributed by atoms with Crippen LogP contribution in [0.2, 0.25) is 0 Å². The number of carbonyl (C=O) groups is 1. The van der Waals surface area contributed by atoms with Gasteiger partial charge in [-0.1, -0.05) is 36.4 Å². The smallest absolute Gasteiger partial charge is 0.234 e.